The first-order valence-corrected chi connectivity index (χ1v) is 5.41. The normalized spacial score (nSPS) is 14.9. The largest absolute Gasteiger partial charge is 0.486 e. The lowest BCUT2D eigenvalue weighted by Gasteiger charge is -2.18. The Bertz CT molecular complexity index is 398. The van der Waals surface area contributed by atoms with Crippen LogP contribution in [0.3, 0.4) is 0 Å². The van der Waals surface area contributed by atoms with E-state index in [9.17, 15) is 0 Å². The van der Waals surface area contributed by atoms with Crippen LogP contribution in [0.15, 0.2) is 23.2 Å². The highest BCUT2D eigenvalue weighted by Crippen LogP contribution is 2.30. The number of hydrogen-bond acceptors (Lipinski definition) is 3. The molecule has 1 aliphatic heterocycles. The second kappa shape index (κ2) is 4.88. The highest BCUT2D eigenvalue weighted by Gasteiger charge is 2.11. The van der Waals surface area contributed by atoms with Crippen LogP contribution in [0.4, 0.5) is 0 Å². The SMILES string of the molecule is CC(N)=NCCc1ccc2c(c1)OCCO2. The average Bonchev–Trinajstić information content (AvgIpc) is 2.28. The van der Waals surface area contributed by atoms with Crippen molar-refractivity contribution in [3.05, 3.63) is 23.8 Å². The first kappa shape index (κ1) is 10.8. The Morgan fingerprint density at radius 1 is 1.31 bits per heavy atom. The molecule has 2 rings (SSSR count). The number of nitrogens with zero attached hydrogens (tertiary/aromatic N) is 1. The van der Waals surface area contributed by atoms with E-state index in [1.165, 1.54) is 5.56 Å². The molecule has 1 aliphatic rings. The summed E-state index contributed by atoms with van der Waals surface area (Å²) in [4.78, 5) is 4.15. The van der Waals surface area contributed by atoms with E-state index in [-0.39, 0.29) is 0 Å². The number of aliphatic imine (C=N–C) groups is 1. The molecule has 0 radical (unpaired) electrons. The number of fused-ring (bicyclic) bond motifs is 1. The molecule has 0 aromatic heterocycles. The molecular formula is C12H16N2O2. The molecule has 0 aliphatic carbocycles. The number of nitrogens with two attached hydrogens (primary N) is 1. The van der Waals surface area contributed by atoms with E-state index < -0.39 is 0 Å². The molecule has 0 fully saturated rings. The van der Waals surface area contributed by atoms with Crippen molar-refractivity contribution in [3.63, 3.8) is 0 Å². The van der Waals surface area contributed by atoms with Crippen LogP contribution < -0.4 is 15.2 Å². The molecule has 4 nitrogen and oxygen atoms in total. The average molecular weight is 220 g/mol. The molecule has 0 atom stereocenters. The molecule has 16 heavy (non-hydrogen) atoms. The maximum Gasteiger partial charge on any atom is 0.161 e. The monoisotopic (exact) mass is 220 g/mol. The van der Waals surface area contributed by atoms with Gasteiger partial charge in [-0.3, -0.25) is 4.99 Å². The minimum Gasteiger partial charge on any atom is -0.486 e. The number of ether oxygens (including phenoxy) is 2. The highest BCUT2D eigenvalue weighted by molar-refractivity contribution is 5.77. The fraction of sp³-hybridized carbons (Fsp3) is 0.417. The minimum absolute atomic E-state index is 0.622. The van der Waals surface area contributed by atoms with Crippen LogP contribution in [0.25, 0.3) is 0 Å². The highest BCUT2D eigenvalue weighted by atomic mass is 16.6. The van der Waals surface area contributed by atoms with Crippen LogP contribution >= 0.6 is 0 Å². The third kappa shape index (κ3) is 2.66. The first-order valence-electron chi connectivity index (χ1n) is 5.41. The van der Waals surface area contributed by atoms with Crippen LogP contribution in [0.2, 0.25) is 0 Å². The molecule has 1 heterocycles. The quantitative estimate of drug-likeness (QED) is 0.618. The molecule has 2 N–H and O–H groups in total. The molecule has 0 saturated carbocycles. The van der Waals surface area contributed by atoms with Crippen molar-refractivity contribution >= 4 is 5.84 Å². The van der Waals surface area contributed by atoms with Crippen molar-refractivity contribution < 1.29 is 9.47 Å². The van der Waals surface area contributed by atoms with Crippen molar-refractivity contribution in [3.8, 4) is 11.5 Å². The van der Waals surface area contributed by atoms with E-state index in [4.69, 9.17) is 15.2 Å². The number of rotatable bonds is 3. The van der Waals surface area contributed by atoms with Crippen molar-refractivity contribution in [2.45, 2.75) is 13.3 Å². The van der Waals surface area contributed by atoms with E-state index in [2.05, 4.69) is 4.99 Å². The predicted octanol–water partition coefficient (Wildman–Crippen LogP) is 1.38. The Labute approximate surface area is 95.1 Å². The van der Waals surface area contributed by atoms with E-state index in [0.29, 0.717) is 25.6 Å². The summed E-state index contributed by atoms with van der Waals surface area (Å²) in [7, 11) is 0. The summed E-state index contributed by atoms with van der Waals surface area (Å²) in [5, 5.41) is 0. The van der Waals surface area contributed by atoms with Gasteiger partial charge in [-0.25, -0.2) is 0 Å². The van der Waals surface area contributed by atoms with E-state index in [1.54, 1.807) is 6.92 Å². The van der Waals surface area contributed by atoms with Crippen LogP contribution in [0.1, 0.15) is 12.5 Å². The molecule has 0 amide bonds. The van der Waals surface area contributed by atoms with Crippen LogP contribution in [-0.2, 0) is 6.42 Å². The summed E-state index contributed by atoms with van der Waals surface area (Å²) >= 11 is 0. The van der Waals surface area contributed by atoms with Gasteiger partial charge in [-0.1, -0.05) is 6.07 Å². The van der Waals surface area contributed by atoms with Gasteiger partial charge in [0.1, 0.15) is 13.2 Å². The summed E-state index contributed by atoms with van der Waals surface area (Å²) in [6, 6.07) is 5.99. The van der Waals surface area contributed by atoms with Crippen LogP contribution in [0, 0.1) is 0 Å². The van der Waals surface area contributed by atoms with Crippen molar-refractivity contribution in [2.24, 2.45) is 10.7 Å². The third-order valence-corrected chi connectivity index (χ3v) is 2.37. The molecular weight excluding hydrogens is 204 g/mol. The Kier molecular flexibility index (Phi) is 3.29. The van der Waals surface area contributed by atoms with E-state index in [1.807, 2.05) is 18.2 Å². The first-order chi connectivity index (χ1) is 7.75. The molecule has 0 spiro atoms. The molecule has 86 valence electrons. The zero-order valence-electron chi connectivity index (χ0n) is 9.40. The molecule has 1 aromatic rings. The van der Waals surface area contributed by atoms with Crippen molar-refractivity contribution in [1.82, 2.24) is 0 Å². The number of benzene rings is 1. The van der Waals surface area contributed by atoms with Crippen molar-refractivity contribution in [1.29, 1.82) is 0 Å². The van der Waals surface area contributed by atoms with Gasteiger partial charge in [0, 0.05) is 6.54 Å². The maximum absolute atomic E-state index is 5.51. The Morgan fingerprint density at radius 2 is 2.06 bits per heavy atom. The van der Waals surface area contributed by atoms with E-state index in [0.717, 1.165) is 17.9 Å². The summed E-state index contributed by atoms with van der Waals surface area (Å²) in [5.74, 6) is 2.28. The summed E-state index contributed by atoms with van der Waals surface area (Å²) in [6.45, 7) is 3.76. The third-order valence-electron chi connectivity index (χ3n) is 2.37. The number of amidine groups is 1. The summed E-state index contributed by atoms with van der Waals surface area (Å²) in [5.41, 5.74) is 6.66. The fourth-order valence-electron chi connectivity index (χ4n) is 1.60. The van der Waals surface area contributed by atoms with Gasteiger partial charge in [0.25, 0.3) is 0 Å². The predicted molar refractivity (Wildman–Crippen MR) is 63.3 cm³/mol. The number of hydrogen-bond donors (Lipinski definition) is 1. The van der Waals surface area contributed by atoms with Crippen LogP contribution in [-0.4, -0.2) is 25.6 Å². The van der Waals surface area contributed by atoms with Gasteiger partial charge in [0.2, 0.25) is 0 Å². The lowest BCUT2D eigenvalue weighted by atomic mass is 10.1. The van der Waals surface area contributed by atoms with E-state index >= 15 is 0 Å². The lowest BCUT2D eigenvalue weighted by Crippen LogP contribution is -2.15. The maximum atomic E-state index is 5.51. The standard InChI is InChI=1S/C12H16N2O2/c1-9(13)14-5-4-10-2-3-11-12(8-10)16-7-6-15-11/h2-3,8H,4-7H2,1H3,(H2,13,14). The minimum atomic E-state index is 0.622. The van der Waals surface area contributed by atoms with Gasteiger partial charge >= 0.3 is 0 Å². The molecule has 0 unspecified atom stereocenters. The van der Waals surface area contributed by atoms with Gasteiger partial charge in [-0.2, -0.15) is 0 Å². The lowest BCUT2D eigenvalue weighted by molar-refractivity contribution is 0.171. The molecule has 0 bridgehead atoms. The van der Waals surface area contributed by atoms with Crippen LogP contribution in [0.5, 0.6) is 11.5 Å². The second-order valence-electron chi connectivity index (χ2n) is 3.75. The summed E-state index contributed by atoms with van der Waals surface area (Å²) in [6.07, 6.45) is 0.866. The molecule has 0 saturated heterocycles. The zero-order valence-corrected chi connectivity index (χ0v) is 9.40. The Balaban J connectivity index is 2.03. The fourth-order valence-corrected chi connectivity index (χ4v) is 1.60. The van der Waals surface area contributed by atoms with Crippen molar-refractivity contribution in [2.75, 3.05) is 19.8 Å². The van der Waals surface area contributed by atoms with Gasteiger partial charge in [0.05, 0.1) is 5.84 Å². The summed E-state index contributed by atoms with van der Waals surface area (Å²) < 4.78 is 11.0. The molecule has 1 aromatic carbocycles. The topological polar surface area (TPSA) is 56.8 Å². The Morgan fingerprint density at radius 3 is 2.81 bits per heavy atom. The van der Waals surface area contributed by atoms with Gasteiger partial charge in [-0.15, -0.1) is 0 Å². The molecule has 4 heteroatoms. The van der Waals surface area contributed by atoms with Gasteiger partial charge in [-0.05, 0) is 31.0 Å². The Hall–Kier alpha value is -1.71. The second-order valence-corrected chi connectivity index (χ2v) is 3.75. The smallest absolute Gasteiger partial charge is 0.161 e. The zero-order chi connectivity index (χ0) is 11.4. The van der Waals surface area contributed by atoms with Gasteiger partial charge in [0.15, 0.2) is 11.5 Å². The van der Waals surface area contributed by atoms with Gasteiger partial charge < -0.3 is 15.2 Å².